The van der Waals surface area contributed by atoms with Gasteiger partial charge in [0.25, 0.3) is 0 Å². The molecular formula is C14H17N5O2. The second-order valence-corrected chi connectivity index (χ2v) is 4.95. The Kier molecular flexibility index (Phi) is 3.66. The molecule has 110 valence electrons. The number of aromatic nitrogens is 4. The Morgan fingerprint density at radius 2 is 2.24 bits per heavy atom. The van der Waals surface area contributed by atoms with Crippen molar-refractivity contribution in [3.8, 4) is 11.5 Å². The lowest BCUT2D eigenvalue weighted by Crippen LogP contribution is -2.43. The minimum atomic E-state index is -0.336. The van der Waals surface area contributed by atoms with Gasteiger partial charge in [-0.2, -0.15) is 0 Å². The molecule has 3 heterocycles. The highest BCUT2D eigenvalue weighted by Crippen LogP contribution is 2.26. The number of ether oxygens (including phenoxy) is 1. The molecule has 0 unspecified atom stereocenters. The summed E-state index contributed by atoms with van der Waals surface area (Å²) in [7, 11) is 1.62. The third-order valence-electron chi connectivity index (χ3n) is 3.61. The summed E-state index contributed by atoms with van der Waals surface area (Å²) < 4.78 is 6.91. The molecular weight excluding hydrogens is 270 g/mol. The number of nitrogens with zero attached hydrogens (tertiary/aromatic N) is 5. The molecule has 21 heavy (non-hydrogen) atoms. The lowest BCUT2D eigenvalue weighted by molar-refractivity contribution is -0.137. The fourth-order valence-electron chi connectivity index (χ4n) is 2.52. The van der Waals surface area contributed by atoms with Crippen LogP contribution in [0.5, 0.6) is 0 Å². The van der Waals surface area contributed by atoms with Crippen LogP contribution in [0.25, 0.3) is 11.5 Å². The molecule has 2 aromatic rings. The van der Waals surface area contributed by atoms with Crippen molar-refractivity contribution in [3.63, 3.8) is 0 Å². The van der Waals surface area contributed by atoms with E-state index in [9.17, 15) is 4.79 Å². The largest absolute Gasteiger partial charge is 0.383 e. The molecule has 1 atom stereocenters. The molecule has 0 radical (unpaired) electrons. The van der Waals surface area contributed by atoms with Crippen LogP contribution in [0, 0.1) is 0 Å². The molecule has 0 saturated heterocycles. The molecule has 0 aromatic carbocycles. The van der Waals surface area contributed by atoms with Gasteiger partial charge in [0.15, 0.2) is 11.6 Å². The molecule has 1 amide bonds. The van der Waals surface area contributed by atoms with Crippen LogP contribution in [0.2, 0.25) is 0 Å². The van der Waals surface area contributed by atoms with Crippen LogP contribution in [0.3, 0.4) is 0 Å². The van der Waals surface area contributed by atoms with E-state index in [-0.39, 0.29) is 11.9 Å². The third kappa shape index (κ3) is 2.40. The first-order valence-corrected chi connectivity index (χ1v) is 6.85. The topological polar surface area (TPSA) is 73.1 Å². The summed E-state index contributed by atoms with van der Waals surface area (Å²) in [6.07, 6.45) is 1.71. The van der Waals surface area contributed by atoms with Crippen LogP contribution >= 0.6 is 0 Å². The number of hydrogen-bond donors (Lipinski definition) is 0. The quantitative estimate of drug-likeness (QED) is 0.835. The maximum absolute atomic E-state index is 12.4. The van der Waals surface area contributed by atoms with E-state index in [1.807, 2.05) is 29.7 Å². The van der Waals surface area contributed by atoms with E-state index in [2.05, 4.69) is 15.2 Å². The number of carbonyl (C=O) groups is 1. The van der Waals surface area contributed by atoms with Gasteiger partial charge in [-0.05, 0) is 19.1 Å². The van der Waals surface area contributed by atoms with Crippen LogP contribution in [-0.2, 0) is 16.1 Å². The average molecular weight is 287 g/mol. The minimum absolute atomic E-state index is 0.0523. The molecule has 0 saturated carbocycles. The predicted octanol–water partition coefficient (Wildman–Crippen LogP) is 0.890. The molecule has 7 nitrogen and oxygen atoms in total. The molecule has 0 aliphatic carbocycles. The zero-order valence-electron chi connectivity index (χ0n) is 12.1. The third-order valence-corrected chi connectivity index (χ3v) is 3.61. The van der Waals surface area contributed by atoms with Crippen molar-refractivity contribution in [2.45, 2.75) is 19.5 Å². The molecule has 3 rings (SSSR count). The van der Waals surface area contributed by atoms with E-state index in [1.54, 1.807) is 18.2 Å². The number of methoxy groups -OCH3 is 1. The zero-order valence-corrected chi connectivity index (χ0v) is 12.1. The summed E-state index contributed by atoms with van der Waals surface area (Å²) in [5, 5.41) is 8.42. The minimum Gasteiger partial charge on any atom is -0.383 e. The van der Waals surface area contributed by atoms with E-state index in [0.717, 1.165) is 11.5 Å². The smallest absolute Gasteiger partial charge is 0.245 e. The number of carbonyl (C=O) groups excluding carboxylic acids is 1. The van der Waals surface area contributed by atoms with Gasteiger partial charge in [0.1, 0.15) is 11.7 Å². The summed E-state index contributed by atoms with van der Waals surface area (Å²) in [4.78, 5) is 18.5. The fourth-order valence-corrected chi connectivity index (χ4v) is 2.52. The first-order chi connectivity index (χ1) is 10.2. The second-order valence-electron chi connectivity index (χ2n) is 4.95. The lowest BCUT2D eigenvalue weighted by atomic mass is 10.2. The Morgan fingerprint density at radius 1 is 1.38 bits per heavy atom. The maximum atomic E-state index is 12.4. The summed E-state index contributed by atoms with van der Waals surface area (Å²) in [6.45, 7) is 3.39. The van der Waals surface area contributed by atoms with Crippen molar-refractivity contribution < 1.29 is 9.53 Å². The number of rotatable bonds is 4. The van der Waals surface area contributed by atoms with Crippen molar-refractivity contribution in [1.82, 2.24) is 24.6 Å². The van der Waals surface area contributed by atoms with Crippen LogP contribution in [0.15, 0.2) is 24.4 Å². The van der Waals surface area contributed by atoms with Gasteiger partial charge in [0.05, 0.1) is 13.2 Å². The van der Waals surface area contributed by atoms with Crippen LogP contribution in [-0.4, -0.2) is 50.8 Å². The second kappa shape index (κ2) is 5.61. The first kappa shape index (κ1) is 13.7. The van der Waals surface area contributed by atoms with E-state index < -0.39 is 0 Å². The van der Waals surface area contributed by atoms with Gasteiger partial charge >= 0.3 is 0 Å². The van der Waals surface area contributed by atoms with Crippen LogP contribution < -0.4 is 0 Å². The average Bonchev–Trinajstić information content (AvgIpc) is 2.94. The number of fused-ring (bicyclic) bond motifs is 1. The highest BCUT2D eigenvalue weighted by Gasteiger charge is 2.33. The summed E-state index contributed by atoms with van der Waals surface area (Å²) in [6, 6.07) is 5.27. The maximum Gasteiger partial charge on any atom is 0.245 e. The molecule has 0 bridgehead atoms. The van der Waals surface area contributed by atoms with Crippen LogP contribution in [0.1, 0.15) is 18.8 Å². The SMILES string of the molecule is COCCN1Cc2nnc(-c3ccccn3)n2[C@@H](C)C1=O. The normalized spacial score (nSPS) is 17.9. The van der Waals surface area contributed by atoms with E-state index in [4.69, 9.17) is 4.74 Å². The zero-order chi connectivity index (χ0) is 14.8. The number of hydrogen-bond acceptors (Lipinski definition) is 5. The Balaban J connectivity index is 1.95. The van der Waals surface area contributed by atoms with Crippen molar-refractivity contribution in [2.75, 3.05) is 20.3 Å². The highest BCUT2D eigenvalue weighted by atomic mass is 16.5. The monoisotopic (exact) mass is 287 g/mol. The van der Waals surface area contributed by atoms with Gasteiger partial charge in [-0.3, -0.25) is 14.3 Å². The Labute approximate surface area is 122 Å². The molecule has 7 heteroatoms. The van der Waals surface area contributed by atoms with E-state index in [1.165, 1.54) is 0 Å². The Morgan fingerprint density at radius 3 is 2.95 bits per heavy atom. The molecule has 0 N–H and O–H groups in total. The van der Waals surface area contributed by atoms with Gasteiger partial charge in [-0.15, -0.1) is 10.2 Å². The lowest BCUT2D eigenvalue weighted by Gasteiger charge is -2.31. The molecule has 1 aliphatic rings. The first-order valence-electron chi connectivity index (χ1n) is 6.85. The number of pyridine rings is 1. The van der Waals surface area contributed by atoms with Crippen LogP contribution in [0.4, 0.5) is 0 Å². The van der Waals surface area contributed by atoms with Gasteiger partial charge in [0.2, 0.25) is 5.91 Å². The van der Waals surface area contributed by atoms with Gasteiger partial charge in [-0.25, -0.2) is 0 Å². The number of amides is 1. The van der Waals surface area contributed by atoms with Crippen molar-refractivity contribution in [1.29, 1.82) is 0 Å². The highest BCUT2D eigenvalue weighted by molar-refractivity contribution is 5.81. The summed E-state index contributed by atoms with van der Waals surface area (Å²) >= 11 is 0. The summed E-state index contributed by atoms with van der Waals surface area (Å²) in [5.74, 6) is 1.47. The molecule has 1 aliphatic heterocycles. The van der Waals surface area contributed by atoms with Crippen molar-refractivity contribution >= 4 is 5.91 Å². The van der Waals surface area contributed by atoms with Gasteiger partial charge in [0, 0.05) is 19.9 Å². The van der Waals surface area contributed by atoms with Gasteiger partial charge in [-0.1, -0.05) is 6.07 Å². The van der Waals surface area contributed by atoms with Crippen molar-refractivity contribution in [2.24, 2.45) is 0 Å². The Hall–Kier alpha value is -2.28. The van der Waals surface area contributed by atoms with E-state index in [0.29, 0.717) is 25.5 Å². The molecule has 0 spiro atoms. The molecule has 2 aromatic heterocycles. The fraction of sp³-hybridized carbons (Fsp3) is 0.429. The Bertz CT molecular complexity index is 640. The van der Waals surface area contributed by atoms with E-state index >= 15 is 0 Å². The summed E-state index contributed by atoms with van der Waals surface area (Å²) in [5.41, 5.74) is 0.723. The standard InChI is InChI=1S/C14H17N5O2/c1-10-14(20)18(7-8-21-2)9-12-16-17-13(19(10)12)11-5-3-4-6-15-11/h3-6,10H,7-9H2,1-2H3/t10-/m0/s1. The predicted molar refractivity (Wildman–Crippen MR) is 75.3 cm³/mol. The molecule has 0 fully saturated rings. The van der Waals surface area contributed by atoms with Crippen molar-refractivity contribution in [3.05, 3.63) is 30.2 Å². The van der Waals surface area contributed by atoms with Gasteiger partial charge < -0.3 is 9.64 Å².